The number of hydrogen-bond acceptors (Lipinski definition) is 4. The highest BCUT2D eigenvalue weighted by molar-refractivity contribution is 7.09. The molecule has 1 aromatic heterocycles. The smallest absolute Gasteiger partial charge is 0.112 e. The van der Waals surface area contributed by atoms with Gasteiger partial charge in [0.1, 0.15) is 5.01 Å². The molecule has 84 valence electrons. The van der Waals surface area contributed by atoms with Crippen LogP contribution >= 0.6 is 11.3 Å². The van der Waals surface area contributed by atoms with E-state index in [0.717, 1.165) is 24.6 Å². The first-order chi connectivity index (χ1) is 7.18. The molecule has 3 nitrogen and oxygen atoms in total. The number of ether oxygens (including phenoxy) is 1. The predicted molar refractivity (Wildman–Crippen MR) is 62.1 cm³/mol. The molecule has 2 rings (SSSR count). The Balaban J connectivity index is 1.97. The van der Waals surface area contributed by atoms with Crippen molar-refractivity contribution in [2.75, 3.05) is 13.2 Å². The second kappa shape index (κ2) is 4.60. The van der Waals surface area contributed by atoms with Crippen LogP contribution in [0, 0.1) is 0 Å². The summed E-state index contributed by atoms with van der Waals surface area (Å²) < 4.78 is 5.47. The summed E-state index contributed by atoms with van der Waals surface area (Å²) in [5, 5.41) is 6.79. The maximum Gasteiger partial charge on any atom is 0.112 e. The van der Waals surface area contributed by atoms with Gasteiger partial charge in [0, 0.05) is 24.2 Å². The van der Waals surface area contributed by atoms with Crippen molar-refractivity contribution in [3.05, 3.63) is 16.6 Å². The fourth-order valence-corrected chi connectivity index (χ4v) is 2.68. The highest BCUT2D eigenvalue weighted by atomic mass is 32.1. The lowest BCUT2D eigenvalue weighted by atomic mass is 10.0. The van der Waals surface area contributed by atoms with Crippen LogP contribution in [0.4, 0.5) is 0 Å². The van der Waals surface area contributed by atoms with Crippen molar-refractivity contribution in [1.82, 2.24) is 10.3 Å². The molecule has 4 heteroatoms. The van der Waals surface area contributed by atoms with Crippen LogP contribution in [-0.2, 0) is 10.3 Å². The molecule has 1 aliphatic rings. The van der Waals surface area contributed by atoms with Gasteiger partial charge >= 0.3 is 0 Å². The Labute approximate surface area is 94.9 Å². The van der Waals surface area contributed by atoms with E-state index in [-0.39, 0.29) is 5.54 Å². The Bertz CT molecular complexity index is 292. The number of thiazole rings is 1. The van der Waals surface area contributed by atoms with Gasteiger partial charge < -0.3 is 10.1 Å². The summed E-state index contributed by atoms with van der Waals surface area (Å²) in [6.07, 6.45) is 4.22. The van der Waals surface area contributed by atoms with E-state index in [2.05, 4.69) is 24.1 Å². The van der Waals surface area contributed by atoms with E-state index in [1.165, 1.54) is 6.42 Å². The van der Waals surface area contributed by atoms with Gasteiger partial charge in [-0.1, -0.05) is 0 Å². The van der Waals surface area contributed by atoms with E-state index in [0.29, 0.717) is 6.04 Å². The summed E-state index contributed by atoms with van der Waals surface area (Å²) in [5.74, 6) is 0. The van der Waals surface area contributed by atoms with Crippen molar-refractivity contribution in [2.45, 2.75) is 38.3 Å². The van der Waals surface area contributed by atoms with Gasteiger partial charge in [0.2, 0.25) is 0 Å². The molecule has 0 saturated carbocycles. The highest BCUT2D eigenvalue weighted by Crippen LogP contribution is 2.23. The third-order valence-corrected chi connectivity index (χ3v) is 3.79. The first kappa shape index (κ1) is 11.0. The predicted octanol–water partition coefficient (Wildman–Crippen LogP) is 2.15. The Morgan fingerprint density at radius 2 is 2.47 bits per heavy atom. The summed E-state index contributed by atoms with van der Waals surface area (Å²) in [4.78, 5) is 4.37. The molecular weight excluding hydrogens is 208 g/mol. The Morgan fingerprint density at radius 3 is 3.07 bits per heavy atom. The molecule has 1 atom stereocenters. The third-order valence-electron chi connectivity index (χ3n) is 2.69. The molecular formula is C11H18N2OS. The zero-order valence-corrected chi connectivity index (χ0v) is 10.1. The molecule has 1 saturated heterocycles. The van der Waals surface area contributed by atoms with E-state index in [1.54, 1.807) is 11.3 Å². The van der Waals surface area contributed by atoms with Gasteiger partial charge in [0.05, 0.1) is 12.1 Å². The van der Waals surface area contributed by atoms with Crippen LogP contribution < -0.4 is 5.32 Å². The molecule has 0 bridgehead atoms. The van der Waals surface area contributed by atoms with Gasteiger partial charge in [-0.05, 0) is 26.7 Å². The lowest BCUT2D eigenvalue weighted by Crippen LogP contribution is -2.47. The van der Waals surface area contributed by atoms with Crippen LogP contribution in [0.25, 0.3) is 0 Å². The summed E-state index contributed by atoms with van der Waals surface area (Å²) in [6, 6.07) is 0.470. The lowest BCUT2D eigenvalue weighted by molar-refractivity contribution is 0.0600. The minimum absolute atomic E-state index is 0.0421. The summed E-state index contributed by atoms with van der Waals surface area (Å²) in [6.45, 7) is 6.10. The standard InChI is InChI=1S/C11H18N2OS/c1-11(2,10-12-5-7-15-10)13-9-4-3-6-14-8-9/h5,7,9,13H,3-4,6,8H2,1-2H3. The number of nitrogens with one attached hydrogen (secondary N) is 1. The van der Waals surface area contributed by atoms with E-state index in [9.17, 15) is 0 Å². The summed E-state index contributed by atoms with van der Waals surface area (Å²) in [7, 11) is 0. The van der Waals surface area contributed by atoms with Crippen LogP contribution in [0.2, 0.25) is 0 Å². The second-order valence-electron chi connectivity index (χ2n) is 4.52. The first-order valence-corrected chi connectivity index (χ1v) is 6.32. The molecule has 0 radical (unpaired) electrons. The molecule has 0 amide bonds. The zero-order chi connectivity index (χ0) is 10.7. The van der Waals surface area contributed by atoms with Gasteiger partial charge in [-0.2, -0.15) is 0 Å². The van der Waals surface area contributed by atoms with Gasteiger partial charge in [0.15, 0.2) is 0 Å². The van der Waals surface area contributed by atoms with Gasteiger partial charge in [0.25, 0.3) is 0 Å². The third kappa shape index (κ3) is 2.77. The minimum Gasteiger partial charge on any atom is -0.380 e. The highest BCUT2D eigenvalue weighted by Gasteiger charge is 2.27. The molecule has 1 unspecified atom stereocenters. The van der Waals surface area contributed by atoms with Gasteiger partial charge in [-0.25, -0.2) is 4.98 Å². The molecule has 0 spiro atoms. The van der Waals surface area contributed by atoms with Gasteiger partial charge in [-0.3, -0.25) is 0 Å². The first-order valence-electron chi connectivity index (χ1n) is 5.44. The number of hydrogen-bond donors (Lipinski definition) is 1. The minimum atomic E-state index is -0.0421. The fraction of sp³-hybridized carbons (Fsp3) is 0.727. The maximum atomic E-state index is 5.47. The van der Waals surface area contributed by atoms with Crippen LogP contribution in [0.1, 0.15) is 31.7 Å². The molecule has 1 N–H and O–H groups in total. The SMILES string of the molecule is CC(C)(NC1CCCOC1)c1nccs1. The summed E-state index contributed by atoms with van der Waals surface area (Å²) in [5.41, 5.74) is -0.0421. The van der Waals surface area contributed by atoms with E-state index in [4.69, 9.17) is 4.74 Å². The molecule has 1 aliphatic heterocycles. The zero-order valence-electron chi connectivity index (χ0n) is 9.32. The molecule has 2 heterocycles. The molecule has 0 aromatic carbocycles. The molecule has 1 fully saturated rings. The van der Waals surface area contributed by atoms with Crippen molar-refractivity contribution >= 4 is 11.3 Å². The Kier molecular flexibility index (Phi) is 3.38. The van der Waals surface area contributed by atoms with E-state index >= 15 is 0 Å². The maximum absolute atomic E-state index is 5.47. The van der Waals surface area contributed by atoms with Crippen molar-refractivity contribution in [2.24, 2.45) is 0 Å². The second-order valence-corrected chi connectivity index (χ2v) is 5.42. The topological polar surface area (TPSA) is 34.1 Å². The summed E-state index contributed by atoms with van der Waals surface area (Å²) >= 11 is 1.70. The van der Waals surface area contributed by atoms with E-state index < -0.39 is 0 Å². The Hall–Kier alpha value is -0.450. The Morgan fingerprint density at radius 1 is 1.60 bits per heavy atom. The van der Waals surface area contributed by atoms with Crippen LogP contribution in [0.5, 0.6) is 0 Å². The van der Waals surface area contributed by atoms with Crippen molar-refractivity contribution in [3.8, 4) is 0 Å². The fourth-order valence-electron chi connectivity index (χ4n) is 1.96. The van der Waals surface area contributed by atoms with Crippen molar-refractivity contribution in [3.63, 3.8) is 0 Å². The molecule has 1 aromatic rings. The van der Waals surface area contributed by atoms with Crippen molar-refractivity contribution < 1.29 is 4.74 Å². The average Bonchev–Trinajstić information content (AvgIpc) is 2.71. The number of rotatable bonds is 3. The number of nitrogens with zero attached hydrogens (tertiary/aromatic N) is 1. The normalized spacial score (nSPS) is 22.9. The molecule has 15 heavy (non-hydrogen) atoms. The molecule has 0 aliphatic carbocycles. The van der Waals surface area contributed by atoms with Crippen LogP contribution in [-0.4, -0.2) is 24.2 Å². The quantitative estimate of drug-likeness (QED) is 0.857. The van der Waals surface area contributed by atoms with E-state index in [1.807, 2.05) is 11.6 Å². The number of aromatic nitrogens is 1. The van der Waals surface area contributed by atoms with Gasteiger partial charge in [-0.15, -0.1) is 11.3 Å². The van der Waals surface area contributed by atoms with Crippen LogP contribution in [0.15, 0.2) is 11.6 Å². The lowest BCUT2D eigenvalue weighted by Gasteiger charge is -2.32. The average molecular weight is 226 g/mol. The largest absolute Gasteiger partial charge is 0.380 e. The van der Waals surface area contributed by atoms with Crippen molar-refractivity contribution in [1.29, 1.82) is 0 Å². The monoisotopic (exact) mass is 226 g/mol. The van der Waals surface area contributed by atoms with Crippen LogP contribution in [0.3, 0.4) is 0 Å².